The van der Waals surface area contributed by atoms with Crippen LogP contribution in [-0.2, 0) is 14.8 Å². The highest BCUT2D eigenvalue weighted by molar-refractivity contribution is 7.89. The first-order valence-electron chi connectivity index (χ1n) is 9.67. The van der Waals surface area contributed by atoms with E-state index in [2.05, 4.69) is 20.1 Å². The van der Waals surface area contributed by atoms with Gasteiger partial charge in [0, 0.05) is 44.0 Å². The van der Waals surface area contributed by atoms with Crippen molar-refractivity contribution in [3.05, 3.63) is 55.0 Å². The normalized spacial score (nSPS) is 13.4. The maximum atomic E-state index is 12.6. The van der Waals surface area contributed by atoms with Crippen LogP contribution in [0.25, 0.3) is 5.82 Å². The van der Waals surface area contributed by atoms with Crippen LogP contribution < -0.4 is 19.5 Å². The largest absolute Gasteiger partial charge is 0.490 e. The summed E-state index contributed by atoms with van der Waals surface area (Å²) >= 11 is 0. The van der Waals surface area contributed by atoms with Gasteiger partial charge in [-0.25, -0.2) is 22.8 Å². The SMILES string of the molecule is O=C(CCNS(=O)(=O)c1ccc2c(c1)OCCCO2)Nc1cccnc1-n1cccn1. The smallest absolute Gasteiger partial charge is 0.240 e. The van der Waals surface area contributed by atoms with Crippen molar-refractivity contribution in [3.63, 3.8) is 0 Å². The zero-order valence-electron chi connectivity index (χ0n) is 16.5. The first-order valence-corrected chi connectivity index (χ1v) is 11.2. The van der Waals surface area contributed by atoms with Crippen LogP contribution in [0.2, 0.25) is 0 Å². The van der Waals surface area contributed by atoms with E-state index in [-0.39, 0.29) is 23.8 Å². The van der Waals surface area contributed by atoms with Gasteiger partial charge in [0.1, 0.15) is 0 Å². The molecule has 0 bridgehead atoms. The highest BCUT2D eigenvalue weighted by atomic mass is 32.2. The van der Waals surface area contributed by atoms with E-state index in [1.807, 2.05) is 0 Å². The van der Waals surface area contributed by atoms with Gasteiger partial charge in [-0.2, -0.15) is 5.10 Å². The third-order valence-electron chi connectivity index (χ3n) is 4.46. The monoisotopic (exact) mass is 443 g/mol. The van der Waals surface area contributed by atoms with Crippen LogP contribution in [0.15, 0.2) is 59.9 Å². The molecule has 0 saturated carbocycles. The first-order chi connectivity index (χ1) is 15.0. The van der Waals surface area contributed by atoms with Crippen molar-refractivity contribution in [1.82, 2.24) is 19.5 Å². The lowest BCUT2D eigenvalue weighted by Gasteiger charge is -2.12. The number of carbonyl (C=O) groups is 1. The third-order valence-corrected chi connectivity index (χ3v) is 5.91. The van der Waals surface area contributed by atoms with Crippen LogP contribution in [0.4, 0.5) is 5.69 Å². The highest BCUT2D eigenvalue weighted by Crippen LogP contribution is 2.31. The quantitative estimate of drug-likeness (QED) is 0.570. The van der Waals surface area contributed by atoms with Crippen LogP contribution in [0.3, 0.4) is 0 Å². The lowest BCUT2D eigenvalue weighted by atomic mass is 10.3. The van der Waals surface area contributed by atoms with Crippen molar-refractivity contribution < 1.29 is 22.7 Å². The molecule has 0 saturated heterocycles. The fraction of sp³-hybridized carbons (Fsp3) is 0.250. The predicted octanol–water partition coefficient (Wildman–Crippen LogP) is 1.74. The zero-order valence-corrected chi connectivity index (χ0v) is 17.3. The molecule has 0 fully saturated rings. The average Bonchev–Trinajstić information content (AvgIpc) is 3.18. The molecule has 3 aromatic rings. The van der Waals surface area contributed by atoms with Gasteiger partial charge in [-0.05, 0) is 30.3 Å². The van der Waals surface area contributed by atoms with Gasteiger partial charge in [-0.1, -0.05) is 0 Å². The molecule has 3 heterocycles. The molecule has 0 aliphatic carbocycles. The van der Waals surface area contributed by atoms with E-state index in [9.17, 15) is 13.2 Å². The number of pyridine rings is 1. The number of amides is 1. The second kappa shape index (κ2) is 9.14. The Morgan fingerprint density at radius 3 is 2.74 bits per heavy atom. The summed E-state index contributed by atoms with van der Waals surface area (Å²) in [4.78, 5) is 16.6. The summed E-state index contributed by atoms with van der Waals surface area (Å²) in [5, 5.41) is 6.85. The standard InChI is InChI=1S/C20H21N5O5S/c26-19(24-16-4-1-8-21-20(16)25-11-2-9-22-25)7-10-23-31(27,28)15-5-6-17-18(14-15)30-13-3-12-29-17/h1-2,4-6,8-9,11,14,23H,3,7,10,12-13H2,(H,24,26). The van der Waals surface area contributed by atoms with Crippen molar-refractivity contribution in [2.24, 2.45) is 0 Å². The molecule has 0 unspecified atom stereocenters. The number of rotatable bonds is 7. The van der Waals surface area contributed by atoms with Crippen molar-refractivity contribution in [3.8, 4) is 17.3 Å². The molecule has 0 spiro atoms. The fourth-order valence-corrected chi connectivity index (χ4v) is 4.02. The minimum atomic E-state index is -3.81. The number of hydrogen-bond donors (Lipinski definition) is 2. The van der Waals surface area contributed by atoms with E-state index in [4.69, 9.17) is 9.47 Å². The van der Waals surface area contributed by atoms with Gasteiger partial charge < -0.3 is 14.8 Å². The number of anilines is 1. The molecule has 1 aliphatic rings. The Morgan fingerprint density at radius 1 is 1.10 bits per heavy atom. The van der Waals surface area contributed by atoms with Crippen LogP contribution >= 0.6 is 0 Å². The molecule has 1 aliphatic heterocycles. The van der Waals surface area contributed by atoms with Crippen LogP contribution in [-0.4, -0.2) is 48.8 Å². The number of nitrogens with one attached hydrogen (secondary N) is 2. The Kier molecular flexibility index (Phi) is 6.14. The van der Waals surface area contributed by atoms with Crippen molar-refractivity contribution in [2.75, 3.05) is 25.1 Å². The second-order valence-electron chi connectivity index (χ2n) is 6.68. The number of fused-ring (bicyclic) bond motifs is 1. The van der Waals surface area contributed by atoms with Gasteiger partial charge in [0.25, 0.3) is 0 Å². The zero-order chi connectivity index (χ0) is 21.7. The molecule has 0 atom stereocenters. The van der Waals surface area contributed by atoms with Gasteiger partial charge in [-0.15, -0.1) is 0 Å². The number of sulfonamides is 1. The molecule has 11 heteroatoms. The van der Waals surface area contributed by atoms with Gasteiger partial charge in [0.2, 0.25) is 15.9 Å². The van der Waals surface area contributed by atoms with Crippen molar-refractivity contribution in [2.45, 2.75) is 17.7 Å². The van der Waals surface area contributed by atoms with Crippen LogP contribution in [0, 0.1) is 0 Å². The van der Waals surface area contributed by atoms with E-state index >= 15 is 0 Å². The summed E-state index contributed by atoms with van der Waals surface area (Å²) in [7, 11) is -3.81. The molecule has 1 amide bonds. The predicted molar refractivity (Wildman–Crippen MR) is 112 cm³/mol. The van der Waals surface area contributed by atoms with Gasteiger partial charge >= 0.3 is 0 Å². The third kappa shape index (κ3) is 5.01. The van der Waals surface area contributed by atoms with E-state index in [0.717, 1.165) is 6.42 Å². The molecule has 2 aromatic heterocycles. The van der Waals surface area contributed by atoms with Crippen molar-refractivity contribution >= 4 is 21.6 Å². The fourth-order valence-electron chi connectivity index (χ4n) is 2.98. The van der Waals surface area contributed by atoms with Crippen LogP contribution in [0.5, 0.6) is 11.5 Å². The van der Waals surface area contributed by atoms with Gasteiger partial charge in [0.05, 0.1) is 23.8 Å². The molecule has 0 radical (unpaired) electrons. The summed E-state index contributed by atoms with van der Waals surface area (Å²) in [6.45, 7) is 0.907. The summed E-state index contributed by atoms with van der Waals surface area (Å²) < 4.78 is 40.2. The molecule has 162 valence electrons. The van der Waals surface area contributed by atoms with E-state index in [0.29, 0.717) is 36.2 Å². The Hall–Kier alpha value is -3.44. The molecule has 2 N–H and O–H groups in total. The Bertz CT molecular complexity index is 1160. The summed E-state index contributed by atoms with van der Waals surface area (Å²) in [6, 6.07) is 9.58. The minimum Gasteiger partial charge on any atom is -0.490 e. The van der Waals surface area contributed by atoms with Crippen LogP contribution in [0.1, 0.15) is 12.8 Å². The average molecular weight is 443 g/mol. The molecule has 1 aromatic carbocycles. The molecular formula is C20H21N5O5S. The number of aromatic nitrogens is 3. The van der Waals surface area contributed by atoms with Crippen molar-refractivity contribution in [1.29, 1.82) is 0 Å². The molecule has 10 nitrogen and oxygen atoms in total. The Morgan fingerprint density at radius 2 is 1.94 bits per heavy atom. The summed E-state index contributed by atoms with van der Waals surface area (Å²) in [5.74, 6) is 1.01. The minimum absolute atomic E-state index is 0.0467. The molecule has 4 rings (SSSR count). The van der Waals surface area contributed by atoms with Gasteiger partial charge in [0.15, 0.2) is 17.3 Å². The molecule has 31 heavy (non-hydrogen) atoms. The Balaban J connectivity index is 1.36. The maximum Gasteiger partial charge on any atom is 0.240 e. The van der Waals surface area contributed by atoms with E-state index in [1.165, 1.54) is 16.8 Å². The molecular weight excluding hydrogens is 422 g/mol. The number of hydrogen-bond acceptors (Lipinski definition) is 7. The number of carbonyl (C=O) groups excluding carboxylic acids is 1. The summed E-state index contributed by atoms with van der Waals surface area (Å²) in [5.41, 5.74) is 0.474. The highest BCUT2D eigenvalue weighted by Gasteiger charge is 2.19. The van der Waals surface area contributed by atoms with E-state index < -0.39 is 10.0 Å². The lowest BCUT2D eigenvalue weighted by molar-refractivity contribution is -0.116. The first kappa shape index (κ1) is 20.8. The lowest BCUT2D eigenvalue weighted by Crippen LogP contribution is -2.28. The number of nitrogens with zero attached hydrogens (tertiary/aromatic N) is 3. The van der Waals surface area contributed by atoms with E-state index in [1.54, 1.807) is 42.9 Å². The Labute approximate surface area is 179 Å². The maximum absolute atomic E-state index is 12.6. The topological polar surface area (TPSA) is 124 Å². The van der Waals surface area contributed by atoms with Gasteiger partial charge in [-0.3, -0.25) is 4.79 Å². The number of benzene rings is 1. The number of ether oxygens (including phenoxy) is 2. The second-order valence-corrected chi connectivity index (χ2v) is 8.45. The summed E-state index contributed by atoms with van der Waals surface area (Å²) in [6.07, 6.45) is 5.58.